The highest BCUT2D eigenvalue weighted by molar-refractivity contribution is 5.44. The summed E-state index contributed by atoms with van der Waals surface area (Å²) in [6, 6.07) is 1.79. The third-order valence-electron chi connectivity index (χ3n) is 3.82. The summed E-state index contributed by atoms with van der Waals surface area (Å²) in [5.41, 5.74) is 6.48. The van der Waals surface area contributed by atoms with Crippen molar-refractivity contribution in [3.8, 4) is 0 Å². The van der Waals surface area contributed by atoms with E-state index in [2.05, 4.69) is 31.8 Å². The highest BCUT2D eigenvalue weighted by atomic mass is 15.3. The largest absolute Gasteiger partial charge is 0.384 e. The van der Waals surface area contributed by atoms with Crippen LogP contribution >= 0.6 is 0 Å². The van der Waals surface area contributed by atoms with Crippen LogP contribution in [-0.4, -0.2) is 26.5 Å². The van der Waals surface area contributed by atoms with Crippen LogP contribution in [0.2, 0.25) is 0 Å². The van der Waals surface area contributed by atoms with Crippen LogP contribution in [0, 0.1) is 6.92 Å². The predicted molar refractivity (Wildman–Crippen MR) is 77.1 cm³/mol. The molecule has 1 unspecified atom stereocenters. The van der Waals surface area contributed by atoms with Crippen molar-refractivity contribution in [2.45, 2.75) is 32.2 Å². The summed E-state index contributed by atoms with van der Waals surface area (Å²) < 4.78 is 0. The van der Waals surface area contributed by atoms with Gasteiger partial charge < -0.3 is 10.6 Å². The molecule has 1 aliphatic heterocycles. The average Bonchev–Trinajstić information content (AvgIpc) is 2.82. The molecule has 20 heavy (non-hydrogen) atoms. The van der Waals surface area contributed by atoms with Crippen LogP contribution in [0.5, 0.6) is 0 Å². The fourth-order valence-electron chi connectivity index (χ4n) is 2.83. The first-order valence-corrected chi connectivity index (χ1v) is 6.75. The maximum atomic E-state index is 5.87. The second kappa shape index (κ2) is 4.70. The van der Waals surface area contributed by atoms with E-state index in [1.807, 2.05) is 6.92 Å². The Bertz CT molecular complexity index is 594. The van der Waals surface area contributed by atoms with Crippen molar-refractivity contribution in [2.24, 2.45) is 0 Å². The number of nitrogens with zero attached hydrogens (tertiary/aromatic N) is 5. The second-order valence-electron chi connectivity index (χ2n) is 5.35. The number of aromatic nitrogens is 4. The molecule has 0 saturated carbocycles. The van der Waals surface area contributed by atoms with Crippen LogP contribution in [-0.2, 0) is 5.54 Å². The molecule has 2 N–H and O–H groups in total. The second-order valence-corrected chi connectivity index (χ2v) is 5.35. The van der Waals surface area contributed by atoms with Gasteiger partial charge in [0.2, 0.25) is 0 Å². The zero-order chi connectivity index (χ0) is 14.2. The molecule has 0 aromatic carbocycles. The normalized spacial score (nSPS) is 22.2. The van der Waals surface area contributed by atoms with Gasteiger partial charge in [-0.05, 0) is 26.7 Å². The molecule has 104 valence electrons. The van der Waals surface area contributed by atoms with Crippen LogP contribution in [0.4, 0.5) is 11.6 Å². The molecule has 3 rings (SSSR count). The third kappa shape index (κ3) is 2.07. The highest BCUT2D eigenvalue weighted by Gasteiger charge is 2.41. The molecule has 6 heteroatoms. The smallest absolute Gasteiger partial charge is 0.156 e. The molecule has 1 fully saturated rings. The van der Waals surface area contributed by atoms with Gasteiger partial charge in [-0.15, -0.1) is 0 Å². The molecule has 2 aromatic heterocycles. The van der Waals surface area contributed by atoms with Crippen molar-refractivity contribution in [2.75, 3.05) is 17.2 Å². The maximum Gasteiger partial charge on any atom is 0.156 e. The fraction of sp³-hybridized carbons (Fsp3) is 0.429. The van der Waals surface area contributed by atoms with Gasteiger partial charge in [0.1, 0.15) is 11.6 Å². The lowest BCUT2D eigenvalue weighted by molar-refractivity contribution is 0.457. The minimum absolute atomic E-state index is 0.282. The monoisotopic (exact) mass is 270 g/mol. The molecule has 1 saturated heterocycles. The molecule has 3 heterocycles. The van der Waals surface area contributed by atoms with Crippen molar-refractivity contribution in [3.63, 3.8) is 0 Å². The highest BCUT2D eigenvalue weighted by Crippen LogP contribution is 2.39. The lowest BCUT2D eigenvalue weighted by atomic mass is 9.97. The SMILES string of the molecule is Cc1cc(N)nc(C2(C)CCCN2c2cnccn2)n1. The third-order valence-corrected chi connectivity index (χ3v) is 3.82. The molecule has 1 atom stereocenters. The maximum absolute atomic E-state index is 5.87. The number of hydrogen-bond acceptors (Lipinski definition) is 6. The Labute approximate surface area is 118 Å². The van der Waals surface area contributed by atoms with E-state index in [4.69, 9.17) is 5.73 Å². The summed E-state index contributed by atoms with van der Waals surface area (Å²) in [5.74, 6) is 2.13. The molecule has 0 radical (unpaired) electrons. The van der Waals surface area contributed by atoms with Crippen LogP contribution in [0.15, 0.2) is 24.7 Å². The van der Waals surface area contributed by atoms with E-state index in [0.29, 0.717) is 5.82 Å². The van der Waals surface area contributed by atoms with Crippen molar-refractivity contribution in [3.05, 3.63) is 36.2 Å². The summed E-state index contributed by atoms with van der Waals surface area (Å²) in [7, 11) is 0. The molecule has 0 aliphatic carbocycles. The topological polar surface area (TPSA) is 80.8 Å². The van der Waals surface area contributed by atoms with E-state index >= 15 is 0 Å². The molecule has 2 aromatic rings. The van der Waals surface area contributed by atoms with E-state index in [1.165, 1.54) is 0 Å². The molecular formula is C14H18N6. The van der Waals surface area contributed by atoms with E-state index in [1.54, 1.807) is 24.7 Å². The fourth-order valence-corrected chi connectivity index (χ4v) is 2.83. The Morgan fingerprint density at radius 3 is 2.85 bits per heavy atom. The van der Waals surface area contributed by atoms with Gasteiger partial charge in [-0.1, -0.05) is 0 Å². The Balaban J connectivity index is 2.05. The summed E-state index contributed by atoms with van der Waals surface area (Å²) in [6.45, 7) is 5.00. The minimum atomic E-state index is -0.282. The quantitative estimate of drug-likeness (QED) is 0.894. The zero-order valence-corrected chi connectivity index (χ0v) is 11.7. The molecule has 0 amide bonds. The van der Waals surface area contributed by atoms with Gasteiger partial charge in [0.25, 0.3) is 0 Å². The number of aryl methyl sites for hydroxylation is 1. The number of nitrogens with two attached hydrogens (primary N) is 1. The lowest BCUT2D eigenvalue weighted by Gasteiger charge is -2.34. The zero-order valence-electron chi connectivity index (χ0n) is 11.7. The van der Waals surface area contributed by atoms with Crippen LogP contribution in [0.3, 0.4) is 0 Å². The van der Waals surface area contributed by atoms with Crippen LogP contribution in [0.25, 0.3) is 0 Å². The van der Waals surface area contributed by atoms with Gasteiger partial charge in [0, 0.05) is 30.7 Å². The Kier molecular flexibility index (Phi) is 3.00. The van der Waals surface area contributed by atoms with Gasteiger partial charge in [-0.25, -0.2) is 15.0 Å². The lowest BCUT2D eigenvalue weighted by Crippen LogP contribution is -2.41. The number of nitrogen functional groups attached to an aromatic ring is 1. The van der Waals surface area contributed by atoms with Gasteiger partial charge in [0.15, 0.2) is 5.82 Å². The molecule has 1 aliphatic rings. The Hall–Kier alpha value is -2.24. The first-order valence-electron chi connectivity index (χ1n) is 6.75. The first-order chi connectivity index (χ1) is 9.59. The minimum Gasteiger partial charge on any atom is -0.384 e. The van der Waals surface area contributed by atoms with Gasteiger partial charge in [-0.2, -0.15) is 0 Å². The van der Waals surface area contributed by atoms with Crippen LogP contribution < -0.4 is 10.6 Å². The number of rotatable bonds is 2. The molecule has 0 bridgehead atoms. The van der Waals surface area contributed by atoms with Gasteiger partial charge in [0.05, 0.1) is 11.7 Å². The van der Waals surface area contributed by atoms with Gasteiger partial charge in [-0.3, -0.25) is 4.98 Å². The average molecular weight is 270 g/mol. The van der Waals surface area contributed by atoms with Crippen LogP contribution in [0.1, 0.15) is 31.3 Å². The van der Waals surface area contributed by atoms with Crippen molar-refractivity contribution >= 4 is 11.6 Å². The molecule has 0 spiro atoms. The van der Waals surface area contributed by atoms with E-state index in [9.17, 15) is 0 Å². The van der Waals surface area contributed by atoms with Gasteiger partial charge >= 0.3 is 0 Å². The van der Waals surface area contributed by atoms with E-state index in [0.717, 1.165) is 36.7 Å². The van der Waals surface area contributed by atoms with Crippen molar-refractivity contribution in [1.29, 1.82) is 0 Å². The van der Waals surface area contributed by atoms with E-state index < -0.39 is 0 Å². The standard InChI is InChI=1S/C14H18N6/c1-10-8-11(15)19-13(18-10)14(2)4-3-7-20(14)12-9-16-5-6-17-12/h5-6,8-9H,3-4,7H2,1-2H3,(H2,15,18,19). The van der Waals surface area contributed by atoms with Crippen molar-refractivity contribution in [1.82, 2.24) is 19.9 Å². The molecule has 6 nitrogen and oxygen atoms in total. The summed E-state index contributed by atoms with van der Waals surface area (Å²) in [4.78, 5) is 19.8. The summed E-state index contributed by atoms with van der Waals surface area (Å²) in [6.07, 6.45) is 7.22. The Morgan fingerprint density at radius 2 is 2.15 bits per heavy atom. The van der Waals surface area contributed by atoms with Crippen molar-refractivity contribution < 1.29 is 0 Å². The summed E-state index contributed by atoms with van der Waals surface area (Å²) in [5, 5.41) is 0. The van der Waals surface area contributed by atoms with E-state index in [-0.39, 0.29) is 5.54 Å². The number of hydrogen-bond donors (Lipinski definition) is 1. The Morgan fingerprint density at radius 1 is 1.30 bits per heavy atom. The number of anilines is 2. The first kappa shape index (κ1) is 12.8. The predicted octanol–water partition coefficient (Wildman–Crippen LogP) is 1.67. The summed E-state index contributed by atoms with van der Waals surface area (Å²) >= 11 is 0. The molecular weight excluding hydrogens is 252 g/mol.